The molecule has 1 unspecified atom stereocenters. The monoisotopic (exact) mass is 361 g/mol. The Morgan fingerprint density at radius 1 is 1.12 bits per heavy atom. The average Bonchev–Trinajstić information content (AvgIpc) is 2.42. The summed E-state index contributed by atoms with van der Waals surface area (Å²) in [6, 6.07) is 0.528. The lowest BCUT2D eigenvalue weighted by atomic mass is 9.90. The SMILES string of the molecule is CC(C)N1CCC(O)(CN(C)CCC(C)S(=O)(=O)N2CCC2)CC1. The molecule has 0 amide bonds. The highest BCUT2D eigenvalue weighted by Crippen LogP contribution is 2.25. The number of hydrogen-bond acceptors (Lipinski definition) is 5. The molecular formula is C17H35N3O3S. The average molecular weight is 362 g/mol. The Morgan fingerprint density at radius 3 is 2.17 bits per heavy atom. The van der Waals surface area contributed by atoms with Crippen LogP contribution in [-0.2, 0) is 10.0 Å². The largest absolute Gasteiger partial charge is 0.388 e. The van der Waals surface area contributed by atoms with Crippen LogP contribution in [-0.4, -0.2) is 90.8 Å². The van der Waals surface area contributed by atoms with Crippen LogP contribution in [0.5, 0.6) is 0 Å². The van der Waals surface area contributed by atoms with Gasteiger partial charge < -0.3 is 14.9 Å². The Labute approximate surface area is 147 Å². The highest BCUT2D eigenvalue weighted by atomic mass is 32.2. The van der Waals surface area contributed by atoms with E-state index in [2.05, 4.69) is 23.6 Å². The van der Waals surface area contributed by atoms with Crippen LogP contribution in [0.15, 0.2) is 0 Å². The first-order valence-electron chi connectivity index (χ1n) is 9.28. The fraction of sp³-hybridized carbons (Fsp3) is 1.00. The molecule has 24 heavy (non-hydrogen) atoms. The number of likely N-dealkylation sites (N-methyl/N-ethyl adjacent to an activating group) is 1. The molecular weight excluding hydrogens is 326 g/mol. The normalized spacial score (nSPS) is 24.3. The maximum absolute atomic E-state index is 12.3. The van der Waals surface area contributed by atoms with Crippen LogP contribution in [0.25, 0.3) is 0 Å². The summed E-state index contributed by atoms with van der Waals surface area (Å²) in [6.45, 7) is 10.7. The Kier molecular flexibility index (Phi) is 6.70. The summed E-state index contributed by atoms with van der Waals surface area (Å²) in [5.41, 5.74) is -0.639. The molecule has 2 fully saturated rings. The lowest BCUT2D eigenvalue weighted by molar-refractivity contribution is -0.0463. The fourth-order valence-electron chi connectivity index (χ4n) is 3.54. The van der Waals surface area contributed by atoms with Crippen LogP contribution >= 0.6 is 0 Å². The predicted molar refractivity (Wildman–Crippen MR) is 97.6 cm³/mol. The molecule has 0 spiro atoms. The van der Waals surface area contributed by atoms with Crippen molar-refractivity contribution in [1.29, 1.82) is 0 Å². The first kappa shape index (κ1) is 20.1. The van der Waals surface area contributed by atoms with Crippen molar-refractivity contribution in [2.24, 2.45) is 0 Å². The van der Waals surface area contributed by atoms with E-state index in [0.29, 0.717) is 38.6 Å². The van der Waals surface area contributed by atoms with Crippen LogP contribution in [0, 0.1) is 0 Å². The third-order valence-corrected chi connectivity index (χ3v) is 7.96. The Bertz CT molecular complexity index is 497. The number of likely N-dealkylation sites (tertiary alicyclic amines) is 1. The van der Waals surface area contributed by atoms with Gasteiger partial charge in [0.25, 0.3) is 0 Å². The molecule has 0 aromatic rings. The number of aliphatic hydroxyl groups is 1. The Morgan fingerprint density at radius 2 is 1.71 bits per heavy atom. The minimum atomic E-state index is -3.13. The van der Waals surface area contributed by atoms with Gasteiger partial charge in [0.2, 0.25) is 10.0 Å². The van der Waals surface area contributed by atoms with Crippen molar-refractivity contribution in [1.82, 2.24) is 14.1 Å². The highest BCUT2D eigenvalue weighted by molar-refractivity contribution is 7.89. The standard InChI is InChI=1S/C17H35N3O3S/c1-15(2)19-12-7-17(21,8-13-19)14-18(4)11-6-16(3)24(22,23)20-9-5-10-20/h15-16,21H,5-14H2,1-4H3. The number of sulfonamides is 1. The smallest absolute Gasteiger partial charge is 0.216 e. The van der Waals surface area contributed by atoms with Gasteiger partial charge in [0, 0.05) is 38.8 Å². The first-order valence-corrected chi connectivity index (χ1v) is 10.8. The van der Waals surface area contributed by atoms with Gasteiger partial charge in [-0.2, -0.15) is 0 Å². The van der Waals surface area contributed by atoms with Crippen LogP contribution in [0.4, 0.5) is 0 Å². The highest BCUT2D eigenvalue weighted by Gasteiger charge is 2.35. The topological polar surface area (TPSA) is 64.1 Å². The molecule has 2 aliphatic rings. The maximum Gasteiger partial charge on any atom is 0.216 e. The summed E-state index contributed by atoms with van der Waals surface area (Å²) < 4.78 is 26.3. The maximum atomic E-state index is 12.3. The second-order valence-electron chi connectivity index (χ2n) is 7.99. The van der Waals surface area contributed by atoms with Gasteiger partial charge in [-0.05, 0) is 60.0 Å². The molecule has 0 saturated carbocycles. The van der Waals surface area contributed by atoms with E-state index in [1.807, 2.05) is 7.05 Å². The zero-order valence-corrected chi connectivity index (χ0v) is 16.6. The molecule has 0 bridgehead atoms. The molecule has 7 heteroatoms. The molecule has 6 nitrogen and oxygen atoms in total. The van der Waals surface area contributed by atoms with E-state index in [0.717, 1.165) is 32.4 Å². The molecule has 2 saturated heterocycles. The summed E-state index contributed by atoms with van der Waals surface area (Å²) in [7, 11) is -1.14. The summed E-state index contributed by atoms with van der Waals surface area (Å²) in [5.74, 6) is 0. The molecule has 0 aromatic heterocycles. The van der Waals surface area contributed by atoms with E-state index in [-0.39, 0.29) is 5.25 Å². The fourth-order valence-corrected chi connectivity index (χ4v) is 5.22. The number of hydrogen-bond donors (Lipinski definition) is 1. The van der Waals surface area contributed by atoms with E-state index < -0.39 is 15.6 Å². The molecule has 2 aliphatic heterocycles. The quantitative estimate of drug-likeness (QED) is 0.698. The molecule has 0 aliphatic carbocycles. The minimum absolute atomic E-state index is 0.349. The van der Waals surface area contributed by atoms with E-state index in [4.69, 9.17) is 0 Å². The van der Waals surface area contributed by atoms with Gasteiger partial charge in [0.1, 0.15) is 0 Å². The summed E-state index contributed by atoms with van der Waals surface area (Å²) >= 11 is 0. The lowest BCUT2D eigenvalue weighted by Crippen LogP contribution is -2.52. The van der Waals surface area contributed by atoms with Crippen molar-refractivity contribution >= 4 is 10.0 Å². The Balaban J connectivity index is 1.76. The lowest BCUT2D eigenvalue weighted by Gasteiger charge is -2.41. The molecule has 0 radical (unpaired) electrons. The second-order valence-corrected chi connectivity index (χ2v) is 10.3. The van der Waals surface area contributed by atoms with Gasteiger partial charge >= 0.3 is 0 Å². The molecule has 2 rings (SSSR count). The predicted octanol–water partition coefficient (Wildman–Crippen LogP) is 0.968. The zero-order valence-electron chi connectivity index (χ0n) is 15.7. The van der Waals surface area contributed by atoms with Gasteiger partial charge in [0.05, 0.1) is 10.9 Å². The van der Waals surface area contributed by atoms with Gasteiger partial charge in [-0.15, -0.1) is 0 Å². The van der Waals surface area contributed by atoms with E-state index in [9.17, 15) is 13.5 Å². The van der Waals surface area contributed by atoms with Crippen LogP contribution in [0.2, 0.25) is 0 Å². The number of piperidine rings is 1. The van der Waals surface area contributed by atoms with Crippen LogP contribution in [0.1, 0.15) is 46.5 Å². The second kappa shape index (κ2) is 7.99. The molecule has 2 heterocycles. The van der Waals surface area contributed by atoms with Gasteiger partial charge in [-0.25, -0.2) is 12.7 Å². The van der Waals surface area contributed by atoms with Crippen molar-refractivity contribution in [2.45, 2.75) is 63.3 Å². The third-order valence-electron chi connectivity index (χ3n) is 5.62. The molecule has 142 valence electrons. The van der Waals surface area contributed by atoms with E-state index >= 15 is 0 Å². The van der Waals surface area contributed by atoms with Gasteiger partial charge in [0.15, 0.2) is 0 Å². The van der Waals surface area contributed by atoms with Crippen molar-refractivity contribution < 1.29 is 13.5 Å². The summed E-state index contributed by atoms with van der Waals surface area (Å²) in [4.78, 5) is 4.49. The molecule has 1 atom stereocenters. The first-order chi connectivity index (χ1) is 11.1. The molecule has 1 N–H and O–H groups in total. The van der Waals surface area contributed by atoms with E-state index in [1.165, 1.54) is 0 Å². The van der Waals surface area contributed by atoms with E-state index in [1.54, 1.807) is 11.2 Å². The van der Waals surface area contributed by atoms with Crippen LogP contribution in [0.3, 0.4) is 0 Å². The summed E-state index contributed by atoms with van der Waals surface area (Å²) in [6.07, 6.45) is 3.17. The third kappa shape index (κ3) is 4.91. The number of nitrogens with zero attached hydrogens (tertiary/aromatic N) is 3. The van der Waals surface area contributed by atoms with Crippen molar-refractivity contribution in [2.75, 3.05) is 46.3 Å². The zero-order chi connectivity index (χ0) is 18.0. The van der Waals surface area contributed by atoms with Crippen molar-refractivity contribution in [3.05, 3.63) is 0 Å². The number of rotatable bonds is 8. The Hall–Kier alpha value is -0.210. The van der Waals surface area contributed by atoms with Gasteiger partial charge in [-0.3, -0.25) is 0 Å². The van der Waals surface area contributed by atoms with Crippen molar-refractivity contribution in [3.63, 3.8) is 0 Å². The van der Waals surface area contributed by atoms with Crippen molar-refractivity contribution in [3.8, 4) is 0 Å². The minimum Gasteiger partial charge on any atom is -0.388 e. The summed E-state index contributed by atoms with van der Waals surface area (Å²) in [5, 5.41) is 10.5. The van der Waals surface area contributed by atoms with Crippen LogP contribution < -0.4 is 0 Å². The molecule has 0 aromatic carbocycles. The van der Waals surface area contributed by atoms with Gasteiger partial charge in [-0.1, -0.05) is 0 Å².